The van der Waals surface area contributed by atoms with E-state index in [9.17, 15) is 4.79 Å². The molecule has 4 aromatic rings. The van der Waals surface area contributed by atoms with E-state index in [2.05, 4.69) is 23.2 Å². The molecule has 6 heteroatoms. The lowest BCUT2D eigenvalue weighted by Crippen LogP contribution is -2.38. The average molecular weight is 374 g/mol. The van der Waals surface area contributed by atoms with E-state index < -0.39 is 0 Å². The maximum atomic E-state index is 13.1. The van der Waals surface area contributed by atoms with E-state index in [4.69, 9.17) is 4.98 Å². The lowest BCUT2D eigenvalue weighted by atomic mass is 10.00. The highest BCUT2D eigenvalue weighted by Crippen LogP contribution is 2.25. The molecule has 5 rings (SSSR count). The zero-order valence-electron chi connectivity index (χ0n) is 14.7. The van der Waals surface area contributed by atoms with Crippen LogP contribution in [-0.4, -0.2) is 31.9 Å². The van der Waals surface area contributed by atoms with Crippen molar-refractivity contribution >= 4 is 28.3 Å². The lowest BCUT2D eigenvalue weighted by Gasteiger charge is -2.29. The minimum Gasteiger partial charge on any atom is -0.336 e. The van der Waals surface area contributed by atoms with E-state index in [-0.39, 0.29) is 12.5 Å². The van der Waals surface area contributed by atoms with Crippen LogP contribution in [0.5, 0.6) is 0 Å². The molecule has 0 bridgehead atoms. The lowest BCUT2D eigenvalue weighted by molar-refractivity contribution is -0.132. The van der Waals surface area contributed by atoms with Gasteiger partial charge in [-0.15, -0.1) is 11.3 Å². The number of amides is 1. The van der Waals surface area contributed by atoms with Gasteiger partial charge >= 0.3 is 0 Å². The van der Waals surface area contributed by atoms with Gasteiger partial charge in [0.1, 0.15) is 12.2 Å². The first-order chi connectivity index (χ1) is 13.3. The molecule has 2 aromatic carbocycles. The van der Waals surface area contributed by atoms with Gasteiger partial charge in [0.15, 0.2) is 5.82 Å². The summed E-state index contributed by atoms with van der Waals surface area (Å²) in [5.74, 6) is 0.868. The van der Waals surface area contributed by atoms with Gasteiger partial charge in [0.05, 0.1) is 16.5 Å². The molecule has 5 nitrogen and oxygen atoms in total. The third-order valence-electron chi connectivity index (χ3n) is 5.09. The van der Waals surface area contributed by atoms with Crippen LogP contribution in [0.3, 0.4) is 0 Å². The van der Waals surface area contributed by atoms with Crippen molar-refractivity contribution in [2.75, 3.05) is 6.54 Å². The first-order valence-corrected chi connectivity index (χ1v) is 9.92. The molecule has 3 heterocycles. The number of aromatic nitrogens is 3. The SMILES string of the molecule is O=C(Cn1c(-c2cscn2)nc2ccccc21)N1CCc2ccccc2C1. The molecule has 0 radical (unpaired) electrons. The van der Waals surface area contributed by atoms with Crippen molar-refractivity contribution in [3.63, 3.8) is 0 Å². The molecular weight excluding hydrogens is 356 g/mol. The summed E-state index contributed by atoms with van der Waals surface area (Å²) < 4.78 is 1.99. The molecule has 134 valence electrons. The number of rotatable bonds is 3. The zero-order chi connectivity index (χ0) is 18.2. The summed E-state index contributed by atoms with van der Waals surface area (Å²) in [7, 11) is 0. The second-order valence-corrected chi connectivity index (χ2v) is 7.44. The molecule has 2 aromatic heterocycles. The summed E-state index contributed by atoms with van der Waals surface area (Å²) in [6, 6.07) is 16.3. The molecule has 0 N–H and O–H groups in total. The van der Waals surface area contributed by atoms with Crippen molar-refractivity contribution in [2.24, 2.45) is 0 Å². The Bertz CT molecular complexity index is 1120. The summed E-state index contributed by atoms with van der Waals surface area (Å²) >= 11 is 1.53. The maximum Gasteiger partial charge on any atom is 0.242 e. The highest BCUT2D eigenvalue weighted by Gasteiger charge is 2.23. The number of hydrogen-bond acceptors (Lipinski definition) is 4. The topological polar surface area (TPSA) is 51.0 Å². The second kappa shape index (κ2) is 6.63. The van der Waals surface area contributed by atoms with Gasteiger partial charge in [0, 0.05) is 18.5 Å². The number of thiazole rings is 1. The number of fused-ring (bicyclic) bond motifs is 2. The summed E-state index contributed by atoms with van der Waals surface area (Å²) in [5.41, 5.74) is 7.05. The van der Waals surface area contributed by atoms with Gasteiger partial charge in [-0.05, 0) is 29.7 Å². The van der Waals surface area contributed by atoms with Crippen LogP contribution < -0.4 is 0 Å². The van der Waals surface area contributed by atoms with Gasteiger partial charge in [-0.25, -0.2) is 9.97 Å². The normalized spacial score (nSPS) is 13.7. The number of carbonyl (C=O) groups is 1. The fraction of sp³-hybridized carbons (Fsp3) is 0.190. The van der Waals surface area contributed by atoms with Gasteiger partial charge in [-0.2, -0.15) is 0 Å². The molecule has 0 atom stereocenters. The second-order valence-electron chi connectivity index (χ2n) is 6.72. The molecule has 0 saturated heterocycles. The molecule has 1 amide bonds. The number of imidazole rings is 1. The summed E-state index contributed by atoms with van der Waals surface area (Å²) in [4.78, 5) is 24.2. The van der Waals surface area contributed by atoms with Crippen LogP contribution in [0.1, 0.15) is 11.1 Å². The molecule has 27 heavy (non-hydrogen) atoms. The molecule has 0 spiro atoms. The molecule has 0 saturated carbocycles. The Morgan fingerprint density at radius 3 is 2.74 bits per heavy atom. The van der Waals surface area contributed by atoms with Crippen LogP contribution in [0.15, 0.2) is 59.4 Å². The number of benzene rings is 2. The number of carbonyl (C=O) groups excluding carboxylic acids is 1. The van der Waals surface area contributed by atoms with E-state index in [1.54, 1.807) is 5.51 Å². The van der Waals surface area contributed by atoms with Crippen LogP contribution in [0.25, 0.3) is 22.6 Å². The van der Waals surface area contributed by atoms with Crippen molar-refractivity contribution in [3.05, 3.63) is 70.5 Å². The maximum absolute atomic E-state index is 13.1. The minimum absolute atomic E-state index is 0.115. The van der Waals surface area contributed by atoms with Crippen LogP contribution in [-0.2, 0) is 24.3 Å². The predicted octanol–water partition coefficient (Wildman–Crippen LogP) is 3.74. The number of hydrogen-bond donors (Lipinski definition) is 0. The van der Waals surface area contributed by atoms with Crippen LogP contribution in [0.4, 0.5) is 0 Å². The van der Waals surface area contributed by atoms with Crippen LogP contribution in [0.2, 0.25) is 0 Å². The Balaban J connectivity index is 1.48. The van der Waals surface area contributed by atoms with Gasteiger partial charge in [0.2, 0.25) is 5.91 Å². The quantitative estimate of drug-likeness (QED) is 0.549. The first kappa shape index (κ1) is 16.2. The summed E-state index contributed by atoms with van der Waals surface area (Å²) in [6.45, 7) is 1.71. The Kier molecular flexibility index (Phi) is 3.98. The Labute approximate surface area is 160 Å². The molecular formula is C21H18N4OS. The Morgan fingerprint density at radius 2 is 1.89 bits per heavy atom. The van der Waals surface area contributed by atoms with Crippen LogP contribution >= 0.6 is 11.3 Å². The average Bonchev–Trinajstić information content (AvgIpc) is 3.36. The predicted molar refractivity (Wildman–Crippen MR) is 106 cm³/mol. The molecule has 1 aliphatic heterocycles. The summed E-state index contributed by atoms with van der Waals surface area (Å²) in [6.07, 6.45) is 0.908. The third kappa shape index (κ3) is 2.92. The van der Waals surface area contributed by atoms with Crippen molar-refractivity contribution in [1.82, 2.24) is 19.4 Å². The van der Waals surface area contributed by atoms with E-state index >= 15 is 0 Å². The number of nitrogens with zero attached hydrogens (tertiary/aromatic N) is 4. The summed E-state index contributed by atoms with van der Waals surface area (Å²) in [5, 5.41) is 1.97. The fourth-order valence-corrected chi connectivity index (χ4v) is 4.23. The van der Waals surface area contributed by atoms with E-state index in [0.717, 1.165) is 35.5 Å². The highest BCUT2D eigenvalue weighted by atomic mass is 32.1. The monoisotopic (exact) mass is 374 g/mol. The van der Waals surface area contributed by atoms with Crippen LogP contribution in [0, 0.1) is 0 Å². The van der Waals surface area contributed by atoms with Gasteiger partial charge in [-0.1, -0.05) is 36.4 Å². The minimum atomic E-state index is 0.115. The molecule has 0 fully saturated rings. The zero-order valence-corrected chi connectivity index (χ0v) is 15.5. The molecule has 0 aliphatic carbocycles. The smallest absolute Gasteiger partial charge is 0.242 e. The van der Waals surface area contributed by atoms with Gasteiger partial charge in [0.25, 0.3) is 0 Å². The largest absolute Gasteiger partial charge is 0.336 e. The Morgan fingerprint density at radius 1 is 1.07 bits per heavy atom. The van der Waals surface area contributed by atoms with E-state index in [0.29, 0.717) is 6.54 Å². The van der Waals surface area contributed by atoms with Crippen molar-refractivity contribution in [3.8, 4) is 11.5 Å². The fourth-order valence-electron chi connectivity index (χ4n) is 3.70. The highest BCUT2D eigenvalue weighted by molar-refractivity contribution is 7.07. The number of para-hydroxylation sites is 2. The first-order valence-electron chi connectivity index (χ1n) is 8.98. The van der Waals surface area contributed by atoms with E-state index in [1.165, 1.54) is 22.5 Å². The van der Waals surface area contributed by atoms with Gasteiger partial charge in [-0.3, -0.25) is 4.79 Å². The standard InChI is InChI=1S/C21H18N4OS/c26-20(24-10-9-15-5-1-2-6-16(15)11-24)12-25-19-8-4-3-7-17(19)23-21(25)18-13-27-14-22-18/h1-8,13-14H,9-12H2. The molecule has 0 unspecified atom stereocenters. The van der Waals surface area contributed by atoms with Crippen molar-refractivity contribution in [2.45, 2.75) is 19.5 Å². The third-order valence-corrected chi connectivity index (χ3v) is 5.68. The molecule has 1 aliphatic rings. The van der Waals surface area contributed by atoms with Crippen molar-refractivity contribution in [1.29, 1.82) is 0 Å². The Hall–Kier alpha value is -2.99. The van der Waals surface area contributed by atoms with E-state index in [1.807, 2.05) is 45.2 Å². The van der Waals surface area contributed by atoms with Gasteiger partial charge < -0.3 is 9.47 Å². The van der Waals surface area contributed by atoms with Crippen molar-refractivity contribution < 1.29 is 4.79 Å².